The Morgan fingerprint density at radius 3 is 2.11 bits per heavy atom. The molecule has 4 nitrogen and oxygen atoms in total. The molecule has 1 aromatic rings. The number of carboxylic acids is 1. The van der Waals surface area contributed by atoms with Crippen LogP contribution in [-0.2, 0) is 16.0 Å². The third kappa shape index (κ3) is 12.2. The lowest BCUT2D eigenvalue weighted by atomic mass is 10.0. The maximum absolute atomic E-state index is 12.1. The van der Waals surface area contributed by atoms with Crippen molar-refractivity contribution in [3.8, 4) is 5.75 Å². The lowest BCUT2D eigenvalue weighted by Gasteiger charge is -2.10. The van der Waals surface area contributed by atoms with Gasteiger partial charge >= 0.3 is 11.9 Å². The summed E-state index contributed by atoms with van der Waals surface area (Å²) in [6, 6.07) is 7.83. The summed E-state index contributed by atoms with van der Waals surface area (Å²) >= 11 is 0. The summed E-state index contributed by atoms with van der Waals surface area (Å²) in [5.41, 5.74) is 1.11. The molecule has 0 saturated heterocycles. The zero-order valence-electron chi connectivity index (χ0n) is 16.9. The molecule has 0 aromatic heterocycles. The minimum atomic E-state index is -0.757. The van der Waals surface area contributed by atoms with E-state index < -0.39 is 5.97 Å². The quantitative estimate of drug-likeness (QED) is 0.208. The molecule has 0 radical (unpaired) electrons. The number of hydrogen-bond acceptors (Lipinski definition) is 3. The lowest BCUT2D eigenvalue weighted by Crippen LogP contribution is -2.09. The summed E-state index contributed by atoms with van der Waals surface area (Å²) in [6.07, 6.45) is 13.6. The van der Waals surface area contributed by atoms with Crippen LogP contribution in [0.4, 0.5) is 0 Å². The number of esters is 1. The lowest BCUT2D eigenvalue weighted by molar-refractivity contribution is -0.137. The van der Waals surface area contributed by atoms with Gasteiger partial charge in [0.25, 0.3) is 0 Å². The Labute approximate surface area is 164 Å². The van der Waals surface area contributed by atoms with Gasteiger partial charge in [0, 0.05) is 12.8 Å². The fourth-order valence-corrected chi connectivity index (χ4v) is 3.16. The summed E-state index contributed by atoms with van der Waals surface area (Å²) in [4.78, 5) is 22.5. The minimum Gasteiger partial charge on any atom is -0.481 e. The minimum absolute atomic E-state index is 0.194. The number of carbonyl (C=O) groups excluding carboxylic acids is 1. The van der Waals surface area contributed by atoms with Crippen LogP contribution in [-0.4, -0.2) is 17.0 Å². The second kappa shape index (κ2) is 15.2. The molecule has 0 aliphatic carbocycles. The summed E-state index contributed by atoms with van der Waals surface area (Å²) in [5, 5.41) is 8.60. The molecular weight excluding hydrogens is 340 g/mol. The fraction of sp³-hybridized carbons (Fsp3) is 0.652. The number of aliphatic carboxylic acids is 1. The van der Waals surface area contributed by atoms with Gasteiger partial charge in [-0.15, -0.1) is 0 Å². The molecule has 0 atom stereocenters. The molecule has 1 aromatic carbocycles. The van der Waals surface area contributed by atoms with E-state index in [1.807, 2.05) is 24.3 Å². The molecule has 0 aliphatic heterocycles. The Bertz CT molecular complexity index is 539. The van der Waals surface area contributed by atoms with Crippen LogP contribution in [0.2, 0.25) is 0 Å². The van der Waals surface area contributed by atoms with Gasteiger partial charge < -0.3 is 9.84 Å². The Balaban J connectivity index is 2.24. The number of carbonyl (C=O) groups is 2. The van der Waals surface area contributed by atoms with Crippen LogP contribution in [0.15, 0.2) is 24.3 Å². The van der Waals surface area contributed by atoms with Gasteiger partial charge in [0.15, 0.2) is 0 Å². The van der Waals surface area contributed by atoms with Gasteiger partial charge in [0.1, 0.15) is 5.75 Å². The SMILES string of the molecule is CCCCCCCCCc1ccccc1OC(=O)CCCCCCC(=O)O. The van der Waals surface area contributed by atoms with E-state index in [0.717, 1.165) is 37.7 Å². The predicted molar refractivity (Wildman–Crippen MR) is 109 cm³/mol. The standard InChI is InChI=1S/C23H36O4/c1-2-3-4-5-6-7-10-15-20-16-13-14-17-21(20)27-23(26)19-12-9-8-11-18-22(24)25/h13-14,16-17H,2-12,15,18-19H2,1H3,(H,24,25). The van der Waals surface area contributed by atoms with Gasteiger partial charge in [-0.1, -0.05) is 76.5 Å². The molecule has 0 spiro atoms. The number of unbranched alkanes of at least 4 members (excludes halogenated alkanes) is 9. The van der Waals surface area contributed by atoms with E-state index in [-0.39, 0.29) is 12.4 Å². The second-order valence-corrected chi connectivity index (χ2v) is 7.26. The maximum Gasteiger partial charge on any atom is 0.311 e. The van der Waals surface area contributed by atoms with Crippen LogP contribution in [0, 0.1) is 0 Å². The van der Waals surface area contributed by atoms with Crippen molar-refractivity contribution in [3.05, 3.63) is 29.8 Å². The molecule has 0 saturated carbocycles. The van der Waals surface area contributed by atoms with Crippen molar-refractivity contribution in [2.45, 2.75) is 96.8 Å². The number of carboxylic acid groups (broad SMARTS) is 1. The van der Waals surface area contributed by atoms with Crippen LogP contribution < -0.4 is 4.74 Å². The van der Waals surface area contributed by atoms with Crippen molar-refractivity contribution in [2.75, 3.05) is 0 Å². The highest BCUT2D eigenvalue weighted by molar-refractivity contribution is 5.72. The molecule has 0 fully saturated rings. The number of ether oxygens (including phenoxy) is 1. The first-order chi connectivity index (χ1) is 13.1. The van der Waals surface area contributed by atoms with Crippen molar-refractivity contribution < 1.29 is 19.4 Å². The first kappa shape index (κ1) is 23.2. The van der Waals surface area contributed by atoms with Crippen molar-refractivity contribution in [3.63, 3.8) is 0 Å². The van der Waals surface area contributed by atoms with Gasteiger partial charge in [-0.05, 0) is 37.3 Å². The normalized spacial score (nSPS) is 10.7. The van der Waals surface area contributed by atoms with E-state index in [2.05, 4.69) is 6.92 Å². The van der Waals surface area contributed by atoms with Crippen molar-refractivity contribution >= 4 is 11.9 Å². The number of benzene rings is 1. The van der Waals surface area contributed by atoms with E-state index in [1.54, 1.807) is 0 Å². The highest BCUT2D eigenvalue weighted by Gasteiger charge is 2.09. The fourth-order valence-electron chi connectivity index (χ4n) is 3.16. The van der Waals surface area contributed by atoms with E-state index in [4.69, 9.17) is 9.84 Å². The highest BCUT2D eigenvalue weighted by atomic mass is 16.5. The molecule has 4 heteroatoms. The molecule has 27 heavy (non-hydrogen) atoms. The van der Waals surface area contributed by atoms with Crippen molar-refractivity contribution in [1.82, 2.24) is 0 Å². The average molecular weight is 377 g/mol. The van der Waals surface area contributed by atoms with Crippen molar-refractivity contribution in [1.29, 1.82) is 0 Å². The topological polar surface area (TPSA) is 63.6 Å². The molecular formula is C23H36O4. The maximum atomic E-state index is 12.1. The van der Waals surface area contributed by atoms with Crippen LogP contribution in [0.3, 0.4) is 0 Å². The van der Waals surface area contributed by atoms with Gasteiger partial charge in [0.2, 0.25) is 0 Å². The van der Waals surface area contributed by atoms with Gasteiger partial charge in [0.05, 0.1) is 0 Å². The predicted octanol–water partition coefficient (Wildman–Crippen LogP) is 6.31. The van der Waals surface area contributed by atoms with Crippen LogP contribution >= 0.6 is 0 Å². The molecule has 0 heterocycles. The van der Waals surface area contributed by atoms with Crippen LogP contribution in [0.5, 0.6) is 5.75 Å². The largest absolute Gasteiger partial charge is 0.481 e. The van der Waals surface area contributed by atoms with E-state index in [0.29, 0.717) is 18.6 Å². The molecule has 0 amide bonds. The Morgan fingerprint density at radius 2 is 1.41 bits per heavy atom. The summed E-state index contributed by atoms with van der Waals surface area (Å²) < 4.78 is 5.57. The number of rotatable bonds is 16. The van der Waals surface area contributed by atoms with Gasteiger partial charge in [-0.25, -0.2) is 0 Å². The Kier molecular flexibility index (Phi) is 13.1. The molecule has 1 N–H and O–H groups in total. The second-order valence-electron chi connectivity index (χ2n) is 7.26. The van der Waals surface area contributed by atoms with Gasteiger partial charge in [-0.2, -0.15) is 0 Å². The first-order valence-electron chi connectivity index (χ1n) is 10.6. The number of para-hydroxylation sites is 1. The Hall–Kier alpha value is -1.84. The first-order valence-corrected chi connectivity index (χ1v) is 10.6. The van der Waals surface area contributed by atoms with Crippen molar-refractivity contribution in [2.24, 2.45) is 0 Å². The number of hydrogen-bond donors (Lipinski definition) is 1. The zero-order chi connectivity index (χ0) is 19.7. The molecule has 0 unspecified atom stereocenters. The molecule has 0 aliphatic rings. The molecule has 0 bridgehead atoms. The van der Waals surface area contributed by atoms with Gasteiger partial charge in [-0.3, -0.25) is 9.59 Å². The highest BCUT2D eigenvalue weighted by Crippen LogP contribution is 2.22. The summed E-state index contributed by atoms with van der Waals surface area (Å²) in [7, 11) is 0. The third-order valence-corrected chi connectivity index (χ3v) is 4.77. The average Bonchev–Trinajstić information content (AvgIpc) is 2.65. The van der Waals surface area contributed by atoms with E-state index in [1.165, 1.54) is 38.5 Å². The summed E-state index contributed by atoms with van der Waals surface area (Å²) in [6.45, 7) is 2.23. The number of aryl methyl sites for hydroxylation is 1. The monoisotopic (exact) mass is 376 g/mol. The zero-order valence-corrected chi connectivity index (χ0v) is 16.9. The van der Waals surface area contributed by atoms with Crippen LogP contribution in [0.1, 0.15) is 96.0 Å². The smallest absolute Gasteiger partial charge is 0.311 e. The Morgan fingerprint density at radius 1 is 0.815 bits per heavy atom. The van der Waals surface area contributed by atoms with E-state index >= 15 is 0 Å². The van der Waals surface area contributed by atoms with Crippen LogP contribution in [0.25, 0.3) is 0 Å². The summed E-state index contributed by atoms with van der Waals surface area (Å²) in [5.74, 6) is -0.258. The molecule has 1 rings (SSSR count). The van der Waals surface area contributed by atoms with E-state index in [9.17, 15) is 9.59 Å². The third-order valence-electron chi connectivity index (χ3n) is 4.77. The molecule has 152 valence electrons.